The fraction of sp³-hybridized carbons (Fsp3) is 0.308. The van der Waals surface area contributed by atoms with Gasteiger partial charge in [-0.25, -0.2) is 4.39 Å². The van der Waals surface area contributed by atoms with Crippen molar-refractivity contribution in [3.05, 3.63) is 46.9 Å². The third kappa shape index (κ3) is 3.15. The molecule has 0 saturated carbocycles. The Morgan fingerprint density at radius 3 is 2.89 bits per heavy atom. The number of carbonyl (C=O) groups excluding carboxylic acids is 1. The van der Waals surface area contributed by atoms with Gasteiger partial charge >= 0.3 is 0 Å². The molecule has 1 N–H and O–H groups in total. The lowest BCUT2D eigenvalue weighted by Gasteiger charge is -2.06. The van der Waals surface area contributed by atoms with Crippen molar-refractivity contribution in [2.24, 2.45) is 0 Å². The molecular formula is C13H14FN3O2. The van der Waals surface area contributed by atoms with Gasteiger partial charge in [-0.3, -0.25) is 4.79 Å². The van der Waals surface area contributed by atoms with Gasteiger partial charge in [-0.1, -0.05) is 17.3 Å². The summed E-state index contributed by atoms with van der Waals surface area (Å²) in [6.45, 7) is 3.65. The zero-order chi connectivity index (χ0) is 13.8. The highest BCUT2D eigenvalue weighted by molar-refractivity contribution is 5.94. The lowest BCUT2D eigenvalue weighted by atomic mass is 10.1. The van der Waals surface area contributed by atoms with E-state index in [1.54, 1.807) is 26.0 Å². The Bertz CT molecular complexity index is 595. The van der Waals surface area contributed by atoms with Crippen molar-refractivity contribution in [3.63, 3.8) is 0 Å². The average Bonchev–Trinajstić information content (AvgIpc) is 2.78. The van der Waals surface area contributed by atoms with Crippen molar-refractivity contribution >= 4 is 5.91 Å². The number of nitrogens with one attached hydrogen (secondary N) is 1. The number of rotatable bonds is 4. The van der Waals surface area contributed by atoms with Crippen LogP contribution >= 0.6 is 0 Å². The minimum absolute atomic E-state index is 0.0432. The number of hydrogen-bond donors (Lipinski definition) is 1. The van der Waals surface area contributed by atoms with Crippen LogP contribution in [0.4, 0.5) is 4.39 Å². The Balaban J connectivity index is 1.93. The highest BCUT2D eigenvalue weighted by Gasteiger charge is 2.13. The molecule has 1 heterocycles. The van der Waals surface area contributed by atoms with E-state index in [-0.39, 0.29) is 5.56 Å². The molecule has 0 aliphatic heterocycles. The van der Waals surface area contributed by atoms with Crippen LogP contribution < -0.4 is 5.32 Å². The molecule has 19 heavy (non-hydrogen) atoms. The highest BCUT2D eigenvalue weighted by Crippen LogP contribution is 2.11. The van der Waals surface area contributed by atoms with E-state index < -0.39 is 11.7 Å². The minimum atomic E-state index is -0.492. The molecular weight excluding hydrogens is 249 g/mol. The van der Waals surface area contributed by atoms with E-state index in [0.717, 1.165) is 0 Å². The Morgan fingerprint density at radius 1 is 1.42 bits per heavy atom. The van der Waals surface area contributed by atoms with Gasteiger partial charge in [0.25, 0.3) is 5.91 Å². The van der Waals surface area contributed by atoms with Gasteiger partial charge in [0.05, 0.1) is 5.56 Å². The van der Waals surface area contributed by atoms with Crippen molar-refractivity contribution in [2.75, 3.05) is 6.54 Å². The number of carbonyl (C=O) groups is 1. The molecule has 2 aromatic rings. The molecule has 2 rings (SSSR count). The smallest absolute Gasteiger partial charge is 0.254 e. The van der Waals surface area contributed by atoms with Gasteiger partial charge in [-0.15, -0.1) is 0 Å². The van der Waals surface area contributed by atoms with Crippen LogP contribution in [-0.2, 0) is 6.42 Å². The lowest BCUT2D eigenvalue weighted by Crippen LogP contribution is -2.26. The molecule has 0 spiro atoms. The third-order valence-corrected chi connectivity index (χ3v) is 2.63. The van der Waals surface area contributed by atoms with E-state index in [1.165, 1.54) is 6.07 Å². The standard InChI is InChI=1S/C13H14FN3O2/c1-8-4-3-5-10(12(8)14)13(18)15-7-6-11-16-9(2)17-19-11/h3-5H,6-7H2,1-2H3,(H,15,18). The summed E-state index contributed by atoms with van der Waals surface area (Å²) in [5, 5.41) is 6.26. The molecule has 0 unspecified atom stereocenters. The van der Waals surface area contributed by atoms with Gasteiger partial charge in [0.1, 0.15) is 5.82 Å². The monoisotopic (exact) mass is 263 g/mol. The van der Waals surface area contributed by atoms with Gasteiger partial charge < -0.3 is 9.84 Å². The Kier molecular flexibility index (Phi) is 3.89. The van der Waals surface area contributed by atoms with E-state index in [1.807, 2.05) is 0 Å². The first-order valence-electron chi connectivity index (χ1n) is 5.90. The second-order valence-electron chi connectivity index (χ2n) is 4.18. The van der Waals surface area contributed by atoms with Gasteiger partial charge in [0.15, 0.2) is 5.82 Å². The summed E-state index contributed by atoms with van der Waals surface area (Å²) in [4.78, 5) is 15.8. The van der Waals surface area contributed by atoms with Gasteiger partial charge in [-0.2, -0.15) is 4.98 Å². The summed E-state index contributed by atoms with van der Waals surface area (Å²) in [5.74, 6) is 0.0552. The number of aryl methyl sites for hydroxylation is 2. The molecule has 0 atom stereocenters. The van der Waals surface area contributed by atoms with Crippen LogP contribution in [0.3, 0.4) is 0 Å². The predicted octanol–water partition coefficient (Wildman–Crippen LogP) is 1.80. The molecule has 6 heteroatoms. The zero-order valence-electron chi connectivity index (χ0n) is 10.7. The summed E-state index contributed by atoms with van der Waals surface area (Å²) < 4.78 is 18.6. The van der Waals surface area contributed by atoms with E-state index in [9.17, 15) is 9.18 Å². The van der Waals surface area contributed by atoms with Crippen molar-refractivity contribution in [1.82, 2.24) is 15.5 Å². The minimum Gasteiger partial charge on any atom is -0.351 e. The van der Waals surface area contributed by atoms with Crippen LogP contribution in [0.5, 0.6) is 0 Å². The molecule has 100 valence electrons. The second-order valence-corrected chi connectivity index (χ2v) is 4.18. The molecule has 0 saturated heterocycles. The van der Waals surface area contributed by atoms with Crippen LogP contribution in [0, 0.1) is 19.7 Å². The molecule has 0 fully saturated rings. The third-order valence-electron chi connectivity index (χ3n) is 2.63. The molecule has 0 aliphatic carbocycles. The number of benzene rings is 1. The topological polar surface area (TPSA) is 68.0 Å². The van der Waals surface area contributed by atoms with Crippen LogP contribution in [0.2, 0.25) is 0 Å². The zero-order valence-corrected chi connectivity index (χ0v) is 10.7. The maximum atomic E-state index is 13.7. The number of aromatic nitrogens is 2. The number of nitrogens with zero attached hydrogens (tertiary/aromatic N) is 2. The molecule has 1 aromatic heterocycles. The maximum absolute atomic E-state index is 13.7. The molecule has 0 bridgehead atoms. The van der Waals surface area contributed by atoms with Crippen LogP contribution in [0.25, 0.3) is 0 Å². The van der Waals surface area contributed by atoms with Crippen molar-refractivity contribution in [1.29, 1.82) is 0 Å². The summed E-state index contributed by atoms with van der Waals surface area (Å²) in [6.07, 6.45) is 0.417. The Labute approximate surface area is 109 Å². The molecule has 1 aromatic carbocycles. The van der Waals surface area contributed by atoms with Crippen LogP contribution in [0.15, 0.2) is 22.7 Å². The van der Waals surface area contributed by atoms with Crippen LogP contribution in [0.1, 0.15) is 27.6 Å². The molecule has 5 nitrogen and oxygen atoms in total. The van der Waals surface area contributed by atoms with E-state index >= 15 is 0 Å². The predicted molar refractivity (Wildman–Crippen MR) is 66.2 cm³/mol. The summed E-state index contributed by atoms with van der Waals surface area (Å²) in [7, 11) is 0. The van der Waals surface area contributed by atoms with Crippen molar-refractivity contribution < 1.29 is 13.7 Å². The van der Waals surface area contributed by atoms with E-state index in [4.69, 9.17) is 4.52 Å². The SMILES string of the molecule is Cc1noc(CCNC(=O)c2cccc(C)c2F)n1. The molecule has 1 amide bonds. The number of halogens is 1. The summed E-state index contributed by atoms with van der Waals surface area (Å²) >= 11 is 0. The van der Waals surface area contributed by atoms with Gasteiger partial charge in [0.2, 0.25) is 5.89 Å². The summed E-state index contributed by atoms with van der Waals surface area (Å²) in [5.41, 5.74) is 0.488. The van der Waals surface area contributed by atoms with Crippen LogP contribution in [-0.4, -0.2) is 22.6 Å². The largest absolute Gasteiger partial charge is 0.351 e. The lowest BCUT2D eigenvalue weighted by molar-refractivity contribution is 0.0949. The first-order chi connectivity index (χ1) is 9.08. The quantitative estimate of drug-likeness (QED) is 0.913. The summed E-state index contributed by atoms with van der Waals surface area (Å²) in [6, 6.07) is 4.72. The second kappa shape index (κ2) is 5.60. The molecule has 0 aliphatic rings. The van der Waals surface area contributed by atoms with E-state index in [2.05, 4.69) is 15.5 Å². The molecule has 0 radical (unpaired) electrons. The fourth-order valence-electron chi connectivity index (χ4n) is 1.64. The van der Waals surface area contributed by atoms with Gasteiger partial charge in [-0.05, 0) is 25.5 Å². The fourth-order valence-corrected chi connectivity index (χ4v) is 1.64. The average molecular weight is 263 g/mol. The first kappa shape index (κ1) is 13.2. The van der Waals surface area contributed by atoms with Gasteiger partial charge in [0, 0.05) is 13.0 Å². The van der Waals surface area contributed by atoms with E-state index in [0.29, 0.717) is 30.2 Å². The maximum Gasteiger partial charge on any atom is 0.254 e. The first-order valence-corrected chi connectivity index (χ1v) is 5.90. The Hall–Kier alpha value is -2.24. The van der Waals surface area contributed by atoms with Crippen molar-refractivity contribution in [3.8, 4) is 0 Å². The van der Waals surface area contributed by atoms with Crippen molar-refractivity contribution in [2.45, 2.75) is 20.3 Å². The number of amides is 1. The normalized spacial score (nSPS) is 10.5. The number of hydrogen-bond acceptors (Lipinski definition) is 4. The highest BCUT2D eigenvalue weighted by atomic mass is 19.1. The Morgan fingerprint density at radius 2 is 2.21 bits per heavy atom.